The number of aliphatic hydroxyl groups excluding tert-OH is 1. The number of aromatic nitrogens is 2. The molecule has 1 fully saturated rings. The molecule has 3 atom stereocenters. The summed E-state index contributed by atoms with van der Waals surface area (Å²) in [6.45, 7) is 0.723. The molecule has 5 rings (SSSR count). The van der Waals surface area contributed by atoms with Crippen molar-refractivity contribution in [3.05, 3.63) is 112 Å². The summed E-state index contributed by atoms with van der Waals surface area (Å²) in [5.74, 6) is -1.30. The second kappa shape index (κ2) is 14.2. The van der Waals surface area contributed by atoms with Gasteiger partial charge in [-0.05, 0) is 33.9 Å². The molecule has 1 aliphatic heterocycles. The minimum atomic E-state index is -1.00. The molecule has 43 heavy (non-hydrogen) atoms. The normalized spacial score (nSPS) is 18.3. The summed E-state index contributed by atoms with van der Waals surface area (Å²) < 4.78 is 14.6. The average molecular weight is 625 g/mol. The van der Waals surface area contributed by atoms with Gasteiger partial charge in [0.25, 0.3) is 0 Å². The zero-order valence-electron chi connectivity index (χ0n) is 23.2. The standard InChI is InChI=1S/C32H31Cl2N3O6/c33-30-31(34)37(19-36-30)17-26-15-27(23-6-4-20(18-38)5-7-23)43-32(42-26)24-10-8-22(9-11-24)25-3-1-2-21(14-25)16-35-28(39)12-13-29(40)41/h1-11,14,19,26-27,32,38H,12-13,15-18H2,(H,35,39)(H,40,41)/t26-,27+,32+/m1/s1. The van der Waals surface area contributed by atoms with Crippen LogP contribution in [0.15, 0.2) is 79.1 Å². The Labute approximate surface area is 259 Å². The molecule has 0 spiro atoms. The van der Waals surface area contributed by atoms with Crippen molar-refractivity contribution in [2.75, 3.05) is 0 Å². The van der Waals surface area contributed by atoms with E-state index in [4.69, 9.17) is 37.8 Å². The number of ether oxygens (including phenoxy) is 2. The summed E-state index contributed by atoms with van der Waals surface area (Å²) in [6, 6.07) is 23.4. The van der Waals surface area contributed by atoms with E-state index in [-0.39, 0.29) is 42.7 Å². The molecule has 1 aromatic heterocycles. The third kappa shape index (κ3) is 8.01. The Morgan fingerprint density at radius 1 is 0.930 bits per heavy atom. The number of hydrogen-bond donors (Lipinski definition) is 3. The fraction of sp³-hybridized carbons (Fsp3) is 0.281. The lowest BCUT2D eigenvalue weighted by molar-refractivity contribution is -0.252. The van der Waals surface area contributed by atoms with Gasteiger partial charge in [0.15, 0.2) is 11.4 Å². The van der Waals surface area contributed by atoms with Gasteiger partial charge in [-0.15, -0.1) is 0 Å². The number of amides is 1. The fourth-order valence-electron chi connectivity index (χ4n) is 4.93. The molecule has 0 bridgehead atoms. The Hall–Kier alpha value is -3.73. The van der Waals surface area contributed by atoms with Gasteiger partial charge in [0.1, 0.15) is 5.15 Å². The summed E-state index contributed by atoms with van der Waals surface area (Å²) in [7, 11) is 0. The van der Waals surface area contributed by atoms with Crippen molar-refractivity contribution in [2.45, 2.75) is 57.5 Å². The van der Waals surface area contributed by atoms with Crippen molar-refractivity contribution < 1.29 is 29.3 Å². The predicted molar refractivity (Wildman–Crippen MR) is 161 cm³/mol. The number of benzene rings is 3. The van der Waals surface area contributed by atoms with Crippen LogP contribution in [0.5, 0.6) is 0 Å². The minimum absolute atomic E-state index is 0.0310. The van der Waals surface area contributed by atoms with Gasteiger partial charge in [-0.25, -0.2) is 4.98 Å². The molecule has 4 aromatic rings. The van der Waals surface area contributed by atoms with E-state index in [1.54, 1.807) is 10.9 Å². The van der Waals surface area contributed by atoms with Crippen LogP contribution in [0.1, 0.15) is 53.9 Å². The number of aliphatic carboxylic acids is 1. The van der Waals surface area contributed by atoms with Crippen molar-refractivity contribution >= 4 is 35.1 Å². The first-order chi connectivity index (χ1) is 20.8. The monoisotopic (exact) mass is 623 g/mol. The van der Waals surface area contributed by atoms with Crippen molar-refractivity contribution in [2.24, 2.45) is 0 Å². The minimum Gasteiger partial charge on any atom is -0.481 e. The summed E-state index contributed by atoms with van der Waals surface area (Å²) in [6.07, 6.45) is 0.784. The molecule has 1 saturated heterocycles. The molecule has 0 aliphatic carbocycles. The highest BCUT2D eigenvalue weighted by Crippen LogP contribution is 2.39. The summed E-state index contributed by atoms with van der Waals surface area (Å²) >= 11 is 12.4. The van der Waals surface area contributed by atoms with E-state index in [0.717, 1.165) is 33.4 Å². The molecular weight excluding hydrogens is 593 g/mol. The van der Waals surface area contributed by atoms with Crippen LogP contribution in [-0.4, -0.2) is 37.7 Å². The van der Waals surface area contributed by atoms with E-state index in [9.17, 15) is 14.7 Å². The van der Waals surface area contributed by atoms with E-state index in [2.05, 4.69) is 10.3 Å². The zero-order chi connectivity index (χ0) is 30.3. The lowest BCUT2D eigenvalue weighted by Gasteiger charge is -2.36. The second-order valence-corrected chi connectivity index (χ2v) is 11.0. The van der Waals surface area contributed by atoms with E-state index in [1.807, 2.05) is 72.8 Å². The van der Waals surface area contributed by atoms with Gasteiger partial charge in [-0.2, -0.15) is 0 Å². The van der Waals surface area contributed by atoms with Crippen molar-refractivity contribution in [1.82, 2.24) is 14.9 Å². The summed E-state index contributed by atoms with van der Waals surface area (Å²) in [5.41, 5.74) is 5.51. The second-order valence-electron chi connectivity index (χ2n) is 10.3. The third-order valence-electron chi connectivity index (χ3n) is 7.25. The Kier molecular flexibility index (Phi) is 10.1. The molecule has 0 radical (unpaired) electrons. The average Bonchev–Trinajstić information content (AvgIpc) is 3.35. The molecule has 224 valence electrons. The number of carbonyl (C=O) groups is 2. The van der Waals surface area contributed by atoms with Crippen molar-refractivity contribution in [1.29, 1.82) is 0 Å². The molecule has 2 heterocycles. The van der Waals surface area contributed by atoms with Crippen LogP contribution < -0.4 is 5.32 Å². The predicted octanol–water partition coefficient (Wildman–Crippen LogP) is 6.08. The number of carbonyl (C=O) groups excluding carboxylic acids is 1. The highest BCUT2D eigenvalue weighted by atomic mass is 35.5. The molecule has 1 amide bonds. The fourth-order valence-corrected chi connectivity index (χ4v) is 5.24. The van der Waals surface area contributed by atoms with E-state index in [1.165, 1.54) is 0 Å². The number of rotatable bonds is 11. The Bertz CT molecular complexity index is 1560. The molecule has 0 unspecified atom stereocenters. The molecule has 1 aliphatic rings. The first-order valence-corrected chi connectivity index (χ1v) is 14.6. The first-order valence-electron chi connectivity index (χ1n) is 13.8. The maximum absolute atomic E-state index is 11.9. The van der Waals surface area contributed by atoms with Gasteiger partial charge in [0, 0.05) is 24.9 Å². The van der Waals surface area contributed by atoms with Crippen molar-refractivity contribution in [3.8, 4) is 11.1 Å². The highest BCUT2D eigenvalue weighted by molar-refractivity contribution is 6.40. The van der Waals surface area contributed by atoms with Crippen LogP contribution >= 0.6 is 23.2 Å². The van der Waals surface area contributed by atoms with Crippen LogP contribution in [0.25, 0.3) is 11.1 Å². The molecule has 3 N–H and O–H groups in total. The number of carboxylic acid groups (broad SMARTS) is 1. The third-order valence-corrected chi connectivity index (χ3v) is 8.02. The van der Waals surface area contributed by atoms with E-state index < -0.39 is 12.3 Å². The quantitative estimate of drug-likeness (QED) is 0.185. The van der Waals surface area contributed by atoms with Crippen LogP contribution in [0.3, 0.4) is 0 Å². The number of hydrogen-bond acceptors (Lipinski definition) is 6. The topological polar surface area (TPSA) is 123 Å². The van der Waals surface area contributed by atoms with E-state index in [0.29, 0.717) is 24.7 Å². The highest BCUT2D eigenvalue weighted by Gasteiger charge is 2.33. The number of halogens is 2. The summed E-state index contributed by atoms with van der Waals surface area (Å²) in [4.78, 5) is 26.7. The maximum atomic E-state index is 11.9. The number of carboxylic acids is 1. The summed E-state index contributed by atoms with van der Waals surface area (Å²) in [5, 5.41) is 21.6. The largest absolute Gasteiger partial charge is 0.481 e. The SMILES string of the molecule is O=C(O)CCC(=O)NCc1cccc(-c2ccc([C@H]3O[C@@H](Cn4cnc(Cl)c4Cl)C[C@@H](c4ccc(CO)cc4)O3)cc2)c1. The zero-order valence-corrected chi connectivity index (χ0v) is 24.7. The van der Waals surface area contributed by atoms with Gasteiger partial charge in [0.2, 0.25) is 5.91 Å². The number of nitrogens with one attached hydrogen (secondary N) is 1. The molecule has 3 aromatic carbocycles. The molecule has 9 nitrogen and oxygen atoms in total. The van der Waals surface area contributed by atoms with Crippen LogP contribution in [-0.2, 0) is 38.8 Å². The Morgan fingerprint density at radius 3 is 2.35 bits per heavy atom. The first kappa shape index (κ1) is 30.7. The lowest BCUT2D eigenvalue weighted by Crippen LogP contribution is -2.32. The van der Waals surface area contributed by atoms with Gasteiger partial charge in [-0.1, -0.05) is 89.9 Å². The van der Waals surface area contributed by atoms with Crippen molar-refractivity contribution in [3.63, 3.8) is 0 Å². The van der Waals surface area contributed by atoms with Crippen LogP contribution in [0.2, 0.25) is 10.3 Å². The van der Waals surface area contributed by atoms with Gasteiger partial charge in [-0.3, -0.25) is 9.59 Å². The van der Waals surface area contributed by atoms with Gasteiger partial charge in [0.05, 0.1) is 38.1 Å². The number of imidazole rings is 1. The van der Waals surface area contributed by atoms with Gasteiger partial charge >= 0.3 is 5.97 Å². The molecular formula is C32H31Cl2N3O6. The number of nitrogens with zero attached hydrogens (tertiary/aromatic N) is 2. The van der Waals surface area contributed by atoms with Crippen LogP contribution in [0, 0.1) is 0 Å². The molecule has 11 heteroatoms. The van der Waals surface area contributed by atoms with Crippen LogP contribution in [0.4, 0.5) is 0 Å². The Balaban J connectivity index is 1.31. The lowest BCUT2D eigenvalue weighted by atomic mass is 9.99. The van der Waals surface area contributed by atoms with Gasteiger partial charge < -0.3 is 29.6 Å². The smallest absolute Gasteiger partial charge is 0.303 e. The van der Waals surface area contributed by atoms with E-state index >= 15 is 0 Å². The maximum Gasteiger partial charge on any atom is 0.303 e. The Morgan fingerprint density at radius 2 is 1.67 bits per heavy atom. The molecule has 0 saturated carbocycles. The number of aliphatic hydroxyl groups is 1.